The molecule has 0 heterocycles. The van der Waals surface area contributed by atoms with E-state index in [1.54, 1.807) is 7.11 Å². The zero-order chi connectivity index (χ0) is 8.43. The molecule has 0 fully saturated rings. The quantitative estimate of drug-likeness (QED) is 0.607. The molecule has 1 rings (SSSR count). The van der Waals surface area contributed by atoms with E-state index in [1.165, 1.54) is 0 Å². The third-order valence-electron chi connectivity index (χ3n) is 1.20. The predicted octanol–water partition coefficient (Wildman–Crippen LogP) is 3.35. The van der Waals surface area contributed by atoms with E-state index in [2.05, 4.69) is 51.1 Å². The topological polar surface area (TPSA) is 9.23 Å². The second-order valence-electron chi connectivity index (χ2n) is 1.94. The van der Waals surface area contributed by atoms with E-state index in [0.29, 0.717) is 0 Å². The normalized spacial score (nSPS) is 9.82. The zero-order valence-corrected chi connectivity index (χ0v) is 10.4. The van der Waals surface area contributed by atoms with Crippen LogP contribution >= 0.6 is 51.1 Å². The summed E-state index contributed by atoms with van der Waals surface area (Å²) in [4.78, 5) is 0.928. The van der Waals surface area contributed by atoms with Gasteiger partial charge in [0.25, 0.3) is 0 Å². The van der Waals surface area contributed by atoms with Gasteiger partial charge in [-0.05, 0) is 34.7 Å². The van der Waals surface area contributed by atoms with Gasteiger partial charge in [0.05, 0.1) is 10.7 Å². The first-order valence-electron chi connectivity index (χ1n) is 2.87. The first-order valence-corrected chi connectivity index (χ1v) is 5.19. The summed E-state index contributed by atoms with van der Waals surface area (Å²) in [5.74, 6) is 0.852. The number of hydrogen-bond acceptors (Lipinski definition) is 2. The van der Waals surface area contributed by atoms with Crippen molar-refractivity contribution in [2.75, 3.05) is 7.11 Å². The molecular weight excluding hydrogens is 339 g/mol. The third kappa shape index (κ3) is 2.26. The van der Waals surface area contributed by atoms with Gasteiger partial charge in [-0.1, -0.05) is 15.9 Å². The summed E-state index contributed by atoms with van der Waals surface area (Å²) < 4.78 is 7.14. The molecule has 0 N–H and O–H groups in total. The fourth-order valence-corrected chi connectivity index (χ4v) is 2.09. The van der Waals surface area contributed by atoms with Crippen LogP contribution in [-0.4, -0.2) is 7.11 Å². The van der Waals surface area contributed by atoms with Gasteiger partial charge >= 0.3 is 0 Å². The number of ether oxygens (including phenoxy) is 1. The van der Waals surface area contributed by atoms with Gasteiger partial charge in [0.15, 0.2) is 0 Å². The lowest BCUT2D eigenvalue weighted by Gasteiger charge is -2.05. The van der Waals surface area contributed by atoms with Crippen molar-refractivity contribution in [1.82, 2.24) is 0 Å². The standard InChI is InChI=1S/C7H6BrIOS/c1-10-5-2-4(8)3-6(11)7(5)9/h2-3,11H,1H3. The van der Waals surface area contributed by atoms with Crippen LogP contribution in [0.25, 0.3) is 0 Å². The average Bonchev–Trinajstić information content (AvgIpc) is 1.96. The maximum absolute atomic E-state index is 5.12. The molecule has 0 radical (unpaired) electrons. The minimum Gasteiger partial charge on any atom is -0.496 e. The van der Waals surface area contributed by atoms with E-state index in [-0.39, 0.29) is 0 Å². The molecule has 0 atom stereocenters. The molecule has 0 spiro atoms. The molecule has 0 saturated carbocycles. The maximum Gasteiger partial charge on any atom is 0.134 e. The Morgan fingerprint density at radius 2 is 2.18 bits per heavy atom. The molecule has 0 aliphatic rings. The van der Waals surface area contributed by atoms with E-state index < -0.39 is 0 Å². The molecule has 11 heavy (non-hydrogen) atoms. The van der Waals surface area contributed by atoms with Crippen LogP contribution in [0.2, 0.25) is 0 Å². The summed E-state index contributed by atoms with van der Waals surface area (Å²) >= 11 is 9.83. The van der Waals surface area contributed by atoms with Gasteiger partial charge in [0.1, 0.15) is 5.75 Å². The average molecular weight is 345 g/mol. The molecule has 0 aromatic heterocycles. The molecule has 0 unspecified atom stereocenters. The lowest BCUT2D eigenvalue weighted by Crippen LogP contribution is -1.87. The Kier molecular flexibility index (Phi) is 3.52. The van der Waals surface area contributed by atoms with Crippen molar-refractivity contribution in [3.8, 4) is 5.75 Å². The van der Waals surface area contributed by atoms with Crippen LogP contribution in [0.5, 0.6) is 5.75 Å². The highest BCUT2D eigenvalue weighted by Gasteiger charge is 2.04. The van der Waals surface area contributed by atoms with Crippen molar-refractivity contribution in [2.45, 2.75) is 4.90 Å². The molecule has 0 aliphatic heterocycles. The Bertz CT molecular complexity index is 277. The van der Waals surface area contributed by atoms with Gasteiger partial charge in [-0.3, -0.25) is 0 Å². The molecule has 60 valence electrons. The summed E-state index contributed by atoms with van der Waals surface area (Å²) in [5.41, 5.74) is 0. The first-order chi connectivity index (χ1) is 5.15. The summed E-state index contributed by atoms with van der Waals surface area (Å²) in [5, 5.41) is 0. The summed E-state index contributed by atoms with van der Waals surface area (Å²) in [6.45, 7) is 0. The van der Waals surface area contributed by atoms with Crippen molar-refractivity contribution in [1.29, 1.82) is 0 Å². The third-order valence-corrected chi connectivity index (χ3v) is 3.55. The molecular formula is C7H6BrIOS. The molecule has 1 nitrogen and oxygen atoms in total. The second-order valence-corrected chi connectivity index (χ2v) is 4.42. The van der Waals surface area contributed by atoms with Crippen LogP contribution in [-0.2, 0) is 0 Å². The molecule has 0 aliphatic carbocycles. The molecule has 1 aromatic rings. The predicted molar refractivity (Wildman–Crippen MR) is 60.7 cm³/mol. The summed E-state index contributed by atoms with van der Waals surface area (Å²) in [6, 6.07) is 3.86. The van der Waals surface area contributed by atoms with Gasteiger partial charge in [0, 0.05) is 9.37 Å². The number of thiol groups is 1. The molecule has 4 heteroatoms. The molecule has 1 aromatic carbocycles. The summed E-state index contributed by atoms with van der Waals surface area (Å²) in [7, 11) is 1.65. The number of benzene rings is 1. The first kappa shape index (κ1) is 9.67. The van der Waals surface area contributed by atoms with Crippen LogP contribution in [0.4, 0.5) is 0 Å². The van der Waals surface area contributed by atoms with E-state index in [1.807, 2.05) is 12.1 Å². The number of hydrogen-bond donors (Lipinski definition) is 1. The van der Waals surface area contributed by atoms with E-state index in [4.69, 9.17) is 4.74 Å². The number of methoxy groups -OCH3 is 1. The van der Waals surface area contributed by atoms with Crippen LogP contribution in [0.15, 0.2) is 21.5 Å². The monoisotopic (exact) mass is 344 g/mol. The van der Waals surface area contributed by atoms with Gasteiger partial charge < -0.3 is 4.74 Å². The second kappa shape index (κ2) is 4.00. The molecule has 0 bridgehead atoms. The molecule has 0 amide bonds. The minimum absolute atomic E-state index is 0.852. The van der Waals surface area contributed by atoms with Crippen LogP contribution in [0.1, 0.15) is 0 Å². The Morgan fingerprint density at radius 3 is 2.73 bits per heavy atom. The highest BCUT2D eigenvalue weighted by atomic mass is 127. The maximum atomic E-state index is 5.12. The summed E-state index contributed by atoms with van der Waals surface area (Å²) in [6.07, 6.45) is 0. The van der Waals surface area contributed by atoms with E-state index >= 15 is 0 Å². The van der Waals surface area contributed by atoms with Crippen molar-refractivity contribution in [3.63, 3.8) is 0 Å². The van der Waals surface area contributed by atoms with E-state index in [9.17, 15) is 0 Å². The van der Waals surface area contributed by atoms with E-state index in [0.717, 1.165) is 18.7 Å². The van der Waals surface area contributed by atoms with Crippen molar-refractivity contribution >= 4 is 51.1 Å². The van der Waals surface area contributed by atoms with Crippen molar-refractivity contribution in [2.24, 2.45) is 0 Å². The Hall–Kier alpha value is 0.580. The van der Waals surface area contributed by atoms with Crippen LogP contribution in [0.3, 0.4) is 0 Å². The largest absolute Gasteiger partial charge is 0.496 e. The van der Waals surface area contributed by atoms with Gasteiger partial charge in [-0.15, -0.1) is 12.6 Å². The smallest absolute Gasteiger partial charge is 0.134 e. The van der Waals surface area contributed by atoms with Gasteiger partial charge in [0.2, 0.25) is 0 Å². The lowest BCUT2D eigenvalue weighted by molar-refractivity contribution is 0.410. The highest BCUT2D eigenvalue weighted by molar-refractivity contribution is 14.1. The lowest BCUT2D eigenvalue weighted by atomic mass is 10.3. The van der Waals surface area contributed by atoms with Crippen molar-refractivity contribution in [3.05, 3.63) is 20.2 Å². The Balaban J connectivity index is 3.24. The van der Waals surface area contributed by atoms with Crippen LogP contribution in [0, 0.1) is 3.57 Å². The number of rotatable bonds is 1. The number of halogens is 2. The van der Waals surface area contributed by atoms with Gasteiger partial charge in [-0.25, -0.2) is 0 Å². The highest BCUT2D eigenvalue weighted by Crippen LogP contribution is 2.30. The zero-order valence-electron chi connectivity index (χ0n) is 5.77. The van der Waals surface area contributed by atoms with Gasteiger partial charge in [-0.2, -0.15) is 0 Å². The minimum atomic E-state index is 0.852. The van der Waals surface area contributed by atoms with Crippen LogP contribution < -0.4 is 4.74 Å². The Morgan fingerprint density at radius 1 is 1.55 bits per heavy atom. The Labute approximate surface area is 93.2 Å². The fraction of sp³-hybridized carbons (Fsp3) is 0.143. The fourth-order valence-electron chi connectivity index (χ4n) is 0.699. The van der Waals surface area contributed by atoms with Crippen molar-refractivity contribution < 1.29 is 4.74 Å². The SMILES string of the molecule is COc1cc(Br)cc(S)c1I. The molecule has 0 saturated heterocycles.